The number of aromatic hydroxyl groups is 1. The number of carbonyl (C=O) groups excluding carboxylic acids is 1. The number of nitrogens with zero attached hydrogens (tertiary/aromatic N) is 1. The van der Waals surface area contributed by atoms with Crippen molar-refractivity contribution in [1.29, 1.82) is 0 Å². The zero-order chi connectivity index (χ0) is 17.1. The van der Waals surface area contributed by atoms with Crippen LogP contribution in [-0.2, 0) is 21.4 Å². The zero-order valence-corrected chi connectivity index (χ0v) is 15.6. The van der Waals surface area contributed by atoms with Crippen molar-refractivity contribution in [2.24, 2.45) is 5.92 Å². The highest BCUT2D eigenvalue weighted by atomic mass is 35.5. The van der Waals surface area contributed by atoms with E-state index >= 15 is 0 Å². The standard InChI is InChI=1S/C19H23NO4.ClH/c1-20-7-6-19-10-14(21)16(24-3)9-12(19)13(20)8-11-4-5-15(23-2)18(22)17(11)19;/h4-5,9,12-13,22H,6-8,10H2,1-3H3;1H/t12?,13?,19-;/m1./s1. The fraction of sp³-hybridized carbons (Fsp3) is 0.526. The molecule has 3 atom stereocenters. The maximum Gasteiger partial charge on any atom is 0.197 e. The van der Waals surface area contributed by atoms with E-state index in [0.29, 0.717) is 24.0 Å². The van der Waals surface area contributed by atoms with Gasteiger partial charge in [0.2, 0.25) is 0 Å². The molecule has 25 heavy (non-hydrogen) atoms. The van der Waals surface area contributed by atoms with Gasteiger partial charge in [-0.15, -0.1) is 12.4 Å². The molecular formula is C19H24ClNO4. The predicted molar refractivity (Wildman–Crippen MR) is 96.5 cm³/mol. The van der Waals surface area contributed by atoms with Crippen LogP contribution in [0.2, 0.25) is 0 Å². The van der Waals surface area contributed by atoms with Crippen LogP contribution in [0.1, 0.15) is 24.0 Å². The van der Waals surface area contributed by atoms with Crippen LogP contribution in [-0.4, -0.2) is 49.6 Å². The van der Waals surface area contributed by atoms with E-state index in [0.717, 1.165) is 30.5 Å². The maximum atomic E-state index is 12.6. The molecule has 0 amide bonds. The van der Waals surface area contributed by atoms with Crippen molar-refractivity contribution in [3.8, 4) is 11.5 Å². The highest BCUT2D eigenvalue weighted by Gasteiger charge is 2.56. The number of carbonyl (C=O) groups is 1. The topological polar surface area (TPSA) is 59.0 Å². The molecule has 6 heteroatoms. The van der Waals surface area contributed by atoms with E-state index in [1.165, 1.54) is 0 Å². The van der Waals surface area contributed by atoms with Gasteiger partial charge < -0.3 is 19.5 Å². The number of halogens is 1. The van der Waals surface area contributed by atoms with Crippen molar-refractivity contribution >= 4 is 18.2 Å². The third-order valence-electron chi connectivity index (χ3n) is 6.21. The number of ketones is 1. The minimum Gasteiger partial charge on any atom is -0.504 e. The summed E-state index contributed by atoms with van der Waals surface area (Å²) in [6, 6.07) is 4.18. The number of rotatable bonds is 2. The molecule has 0 saturated carbocycles. The average Bonchev–Trinajstić information content (AvgIpc) is 2.57. The number of methoxy groups -OCH3 is 2. The second-order valence-electron chi connectivity index (χ2n) is 7.17. The van der Waals surface area contributed by atoms with Crippen molar-refractivity contribution < 1.29 is 19.4 Å². The lowest BCUT2D eigenvalue weighted by molar-refractivity contribution is -0.122. The Morgan fingerprint density at radius 1 is 1.28 bits per heavy atom. The molecule has 1 N–H and O–H groups in total. The van der Waals surface area contributed by atoms with Crippen LogP contribution in [0, 0.1) is 5.92 Å². The molecule has 3 aliphatic rings. The lowest BCUT2D eigenvalue weighted by Gasteiger charge is -2.56. The van der Waals surface area contributed by atoms with Gasteiger partial charge in [0.1, 0.15) is 0 Å². The number of phenols is 1. The molecular weight excluding hydrogens is 342 g/mol. The van der Waals surface area contributed by atoms with E-state index in [4.69, 9.17) is 9.47 Å². The molecule has 1 aromatic carbocycles. The van der Waals surface area contributed by atoms with Crippen LogP contribution >= 0.6 is 12.4 Å². The number of benzene rings is 1. The van der Waals surface area contributed by atoms with Gasteiger partial charge in [0, 0.05) is 29.4 Å². The van der Waals surface area contributed by atoms with Crippen LogP contribution in [0.15, 0.2) is 24.0 Å². The lowest BCUT2D eigenvalue weighted by Crippen LogP contribution is -2.60. The quantitative estimate of drug-likeness (QED) is 0.872. The molecule has 136 valence electrons. The molecule has 4 rings (SSSR count). The number of Topliss-reactive ketones (excluding diaryl/α,β-unsaturated/α-hetero) is 1. The number of piperidine rings is 1. The van der Waals surface area contributed by atoms with Gasteiger partial charge in [0.25, 0.3) is 0 Å². The summed E-state index contributed by atoms with van der Waals surface area (Å²) in [5, 5.41) is 10.9. The van der Waals surface area contributed by atoms with Crippen LogP contribution in [0.25, 0.3) is 0 Å². The SMILES string of the molecule is COC1=CC2C3Cc4ccc(OC)c(O)c4[C@]2(CCN3C)CC1=O.Cl. The molecule has 1 heterocycles. The average molecular weight is 366 g/mol. The number of phenolic OH excluding ortho intramolecular Hbond substituents is 1. The van der Waals surface area contributed by atoms with Crippen LogP contribution in [0.5, 0.6) is 11.5 Å². The van der Waals surface area contributed by atoms with E-state index in [1.54, 1.807) is 14.2 Å². The van der Waals surface area contributed by atoms with Crippen molar-refractivity contribution in [1.82, 2.24) is 4.90 Å². The van der Waals surface area contributed by atoms with Crippen molar-refractivity contribution in [2.75, 3.05) is 27.8 Å². The maximum absolute atomic E-state index is 12.6. The zero-order valence-electron chi connectivity index (χ0n) is 14.7. The second-order valence-corrected chi connectivity index (χ2v) is 7.17. The van der Waals surface area contributed by atoms with Gasteiger partial charge in [-0.25, -0.2) is 0 Å². The lowest BCUT2D eigenvalue weighted by atomic mass is 9.53. The monoisotopic (exact) mass is 365 g/mol. The van der Waals surface area contributed by atoms with Gasteiger partial charge in [0.15, 0.2) is 23.0 Å². The Balaban J connectivity index is 0.00000182. The molecule has 0 aromatic heterocycles. The Labute approximate surface area is 154 Å². The number of likely N-dealkylation sites (tertiary alicyclic amines) is 1. The minimum atomic E-state index is -0.359. The number of fused-ring (bicyclic) bond motifs is 1. The molecule has 5 nitrogen and oxygen atoms in total. The Kier molecular flexibility index (Phi) is 4.50. The molecule has 2 aliphatic carbocycles. The molecule has 0 spiro atoms. The molecule has 2 bridgehead atoms. The number of ether oxygens (including phenoxy) is 2. The summed E-state index contributed by atoms with van der Waals surface area (Å²) in [6.45, 7) is 0.917. The Hall–Kier alpha value is -1.72. The normalized spacial score (nSPS) is 30.5. The first-order valence-electron chi connectivity index (χ1n) is 8.40. The van der Waals surface area contributed by atoms with Gasteiger partial charge in [0.05, 0.1) is 14.2 Å². The van der Waals surface area contributed by atoms with Crippen molar-refractivity contribution in [3.05, 3.63) is 35.1 Å². The van der Waals surface area contributed by atoms with E-state index in [1.807, 2.05) is 18.2 Å². The molecule has 0 radical (unpaired) electrons. The fourth-order valence-electron chi connectivity index (χ4n) is 5.03. The largest absolute Gasteiger partial charge is 0.504 e. The Bertz CT molecular complexity index is 747. The third kappa shape index (κ3) is 2.36. The van der Waals surface area contributed by atoms with Crippen LogP contribution in [0.3, 0.4) is 0 Å². The number of allylic oxidation sites excluding steroid dienone is 1. The summed E-state index contributed by atoms with van der Waals surface area (Å²) >= 11 is 0. The van der Waals surface area contributed by atoms with Crippen LogP contribution < -0.4 is 4.74 Å². The summed E-state index contributed by atoms with van der Waals surface area (Å²) < 4.78 is 10.6. The minimum absolute atomic E-state index is 0. The number of hydrogen-bond donors (Lipinski definition) is 1. The molecule has 1 aliphatic heterocycles. The highest BCUT2D eigenvalue weighted by Crippen LogP contribution is 2.57. The van der Waals surface area contributed by atoms with Gasteiger partial charge in [-0.3, -0.25) is 4.79 Å². The predicted octanol–water partition coefficient (Wildman–Crippen LogP) is 2.44. The second kappa shape index (κ2) is 6.22. The Morgan fingerprint density at radius 3 is 2.72 bits per heavy atom. The van der Waals surface area contributed by atoms with Gasteiger partial charge in [-0.05, 0) is 44.1 Å². The summed E-state index contributed by atoms with van der Waals surface area (Å²) in [7, 11) is 5.25. The van der Waals surface area contributed by atoms with Gasteiger partial charge in [-0.1, -0.05) is 6.07 Å². The first-order chi connectivity index (χ1) is 11.5. The van der Waals surface area contributed by atoms with E-state index in [9.17, 15) is 9.90 Å². The smallest absolute Gasteiger partial charge is 0.197 e. The number of hydrogen-bond acceptors (Lipinski definition) is 5. The van der Waals surface area contributed by atoms with Gasteiger partial charge in [-0.2, -0.15) is 0 Å². The molecule has 2 unspecified atom stereocenters. The van der Waals surface area contributed by atoms with Crippen molar-refractivity contribution in [2.45, 2.75) is 30.7 Å². The summed E-state index contributed by atoms with van der Waals surface area (Å²) in [6.07, 6.45) is 4.08. The van der Waals surface area contributed by atoms with Crippen molar-refractivity contribution in [3.63, 3.8) is 0 Å². The van der Waals surface area contributed by atoms with E-state index in [2.05, 4.69) is 11.9 Å². The van der Waals surface area contributed by atoms with Gasteiger partial charge >= 0.3 is 0 Å². The molecule has 1 saturated heterocycles. The van der Waals surface area contributed by atoms with Crippen LogP contribution in [0.4, 0.5) is 0 Å². The number of likely N-dealkylation sites (N-methyl/N-ethyl adjacent to an activating group) is 1. The Morgan fingerprint density at radius 2 is 2.04 bits per heavy atom. The summed E-state index contributed by atoms with van der Waals surface area (Å²) in [5.74, 6) is 1.32. The first-order valence-corrected chi connectivity index (χ1v) is 8.40. The summed E-state index contributed by atoms with van der Waals surface area (Å²) in [5.41, 5.74) is 1.68. The highest BCUT2D eigenvalue weighted by molar-refractivity contribution is 5.96. The molecule has 1 aromatic rings. The molecule has 1 fully saturated rings. The van der Waals surface area contributed by atoms with E-state index in [-0.39, 0.29) is 35.3 Å². The third-order valence-corrected chi connectivity index (χ3v) is 6.21. The van der Waals surface area contributed by atoms with E-state index < -0.39 is 0 Å². The summed E-state index contributed by atoms with van der Waals surface area (Å²) in [4.78, 5) is 15.0. The fourth-order valence-corrected chi connectivity index (χ4v) is 5.03. The first kappa shape index (κ1) is 18.1.